The molecule has 0 saturated heterocycles. The van der Waals surface area contributed by atoms with Gasteiger partial charge in [0.2, 0.25) is 0 Å². The molecule has 0 aliphatic rings. The fourth-order valence-corrected chi connectivity index (χ4v) is 2.31. The third-order valence-electron chi connectivity index (χ3n) is 3.38. The van der Waals surface area contributed by atoms with Gasteiger partial charge >= 0.3 is 6.01 Å². The first-order valence-corrected chi connectivity index (χ1v) is 6.83. The maximum absolute atomic E-state index is 5.67. The average Bonchev–Trinajstić information content (AvgIpc) is 2.87. The zero-order valence-corrected chi connectivity index (χ0v) is 12.4. The van der Waals surface area contributed by atoms with Crippen molar-refractivity contribution in [2.24, 2.45) is 0 Å². The smallest absolute Gasteiger partial charge is 0.396 e. The fourth-order valence-electron chi connectivity index (χ4n) is 2.31. The van der Waals surface area contributed by atoms with Crippen LogP contribution in [0.4, 0.5) is 11.7 Å². The third kappa shape index (κ3) is 2.65. The topological polar surface area (TPSA) is 20.3 Å². The molecule has 2 aromatic rings. The molecule has 0 aliphatic heterocycles. The number of anilines is 2. The van der Waals surface area contributed by atoms with Crippen molar-refractivity contribution in [3.05, 3.63) is 42.3 Å². The second kappa shape index (κ2) is 5.47. The Kier molecular flexibility index (Phi) is 3.93. The van der Waals surface area contributed by atoms with Crippen LogP contribution in [-0.2, 0) is 0 Å². The third-order valence-corrected chi connectivity index (χ3v) is 3.38. The number of rotatable bonds is 4. The Balaban J connectivity index is 2.44. The molecule has 0 fully saturated rings. The molecule has 0 spiro atoms. The number of hydrogen-bond donors (Lipinski definition) is 0. The molecule has 1 aromatic heterocycles. The maximum atomic E-state index is 5.67. The average molecular weight is 259 g/mol. The van der Waals surface area contributed by atoms with Gasteiger partial charge in [-0.05, 0) is 25.8 Å². The van der Waals surface area contributed by atoms with Gasteiger partial charge in [-0.1, -0.05) is 32.0 Å². The maximum Gasteiger partial charge on any atom is 0.461 e. The first-order chi connectivity index (χ1) is 9.02. The van der Waals surface area contributed by atoms with Gasteiger partial charge in [0.15, 0.2) is 0 Å². The van der Waals surface area contributed by atoms with Gasteiger partial charge in [-0.3, -0.25) is 0 Å². The minimum absolute atomic E-state index is 0.377. The van der Waals surface area contributed by atoms with E-state index in [4.69, 9.17) is 4.42 Å². The number of hydrogen-bond acceptors (Lipinski definition) is 2. The van der Waals surface area contributed by atoms with Gasteiger partial charge < -0.3 is 4.42 Å². The fraction of sp³-hybridized carbons (Fsp3) is 0.438. The van der Waals surface area contributed by atoms with Gasteiger partial charge in [-0.15, -0.1) is 0 Å². The van der Waals surface area contributed by atoms with Crippen LogP contribution in [0.2, 0.25) is 0 Å². The van der Waals surface area contributed by atoms with Gasteiger partial charge in [0.05, 0.1) is 13.1 Å². The molecule has 0 atom stereocenters. The summed E-state index contributed by atoms with van der Waals surface area (Å²) in [4.78, 5) is 2.12. The number of nitrogens with zero attached hydrogens (tertiary/aromatic N) is 2. The van der Waals surface area contributed by atoms with Crippen LogP contribution in [-0.4, -0.2) is 7.05 Å². The van der Waals surface area contributed by atoms with Crippen LogP contribution in [0.25, 0.3) is 0 Å². The van der Waals surface area contributed by atoms with Crippen molar-refractivity contribution in [1.82, 2.24) is 0 Å². The first-order valence-electron chi connectivity index (χ1n) is 6.83. The SMILES string of the molecule is CC(C)c1ccccc1N(C)c1occ[n+]1C(C)C. The van der Waals surface area contributed by atoms with Crippen molar-refractivity contribution in [3.63, 3.8) is 0 Å². The van der Waals surface area contributed by atoms with Crippen LogP contribution in [0.15, 0.2) is 41.1 Å². The summed E-state index contributed by atoms with van der Waals surface area (Å²) >= 11 is 0. The largest absolute Gasteiger partial charge is 0.461 e. The quantitative estimate of drug-likeness (QED) is 0.772. The molecule has 0 saturated carbocycles. The Morgan fingerprint density at radius 2 is 1.79 bits per heavy atom. The molecule has 2 rings (SSSR count). The molecule has 0 aliphatic carbocycles. The van der Waals surface area contributed by atoms with Gasteiger partial charge in [0, 0.05) is 5.56 Å². The lowest BCUT2D eigenvalue weighted by Crippen LogP contribution is -2.39. The van der Waals surface area contributed by atoms with E-state index in [0.29, 0.717) is 12.0 Å². The van der Waals surface area contributed by atoms with E-state index in [1.54, 1.807) is 6.26 Å². The standard InChI is InChI=1S/C16H23N2O/c1-12(2)14-8-6-7-9-15(14)17(5)16-18(13(3)4)10-11-19-16/h6-13H,1-5H3/q+1. The zero-order valence-electron chi connectivity index (χ0n) is 12.4. The van der Waals surface area contributed by atoms with Crippen molar-refractivity contribution in [1.29, 1.82) is 0 Å². The lowest BCUT2D eigenvalue weighted by molar-refractivity contribution is -0.705. The molecule has 1 heterocycles. The second-order valence-corrected chi connectivity index (χ2v) is 5.46. The molecule has 0 radical (unpaired) electrons. The Morgan fingerprint density at radius 1 is 1.11 bits per heavy atom. The van der Waals surface area contributed by atoms with E-state index in [0.717, 1.165) is 6.01 Å². The van der Waals surface area contributed by atoms with Gasteiger partial charge in [0.25, 0.3) is 0 Å². The molecule has 0 unspecified atom stereocenters. The molecule has 19 heavy (non-hydrogen) atoms. The Hall–Kier alpha value is -1.77. The minimum atomic E-state index is 0.377. The Morgan fingerprint density at radius 3 is 2.42 bits per heavy atom. The van der Waals surface area contributed by atoms with Crippen LogP contribution in [0.1, 0.15) is 45.2 Å². The highest BCUT2D eigenvalue weighted by atomic mass is 16.4. The molecular formula is C16H23N2O+. The summed E-state index contributed by atoms with van der Waals surface area (Å²) in [6, 6.07) is 9.72. The van der Waals surface area contributed by atoms with E-state index in [1.807, 2.05) is 6.20 Å². The molecule has 102 valence electrons. The minimum Gasteiger partial charge on any atom is -0.396 e. The highest BCUT2D eigenvalue weighted by Crippen LogP contribution is 2.30. The monoisotopic (exact) mass is 259 g/mol. The Labute approximate surface area is 115 Å². The molecule has 0 N–H and O–H groups in total. The zero-order chi connectivity index (χ0) is 14.0. The Bertz CT molecular complexity index is 543. The molecule has 0 bridgehead atoms. The number of para-hydroxylation sites is 1. The van der Waals surface area contributed by atoms with Crippen LogP contribution in [0.3, 0.4) is 0 Å². The van der Waals surface area contributed by atoms with E-state index in [2.05, 4.69) is 68.5 Å². The van der Waals surface area contributed by atoms with E-state index >= 15 is 0 Å². The van der Waals surface area contributed by atoms with Crippen LogP contribution >= 0.6 is 0 Å². The second-order valence-electron chi connectivity index (χ2n) is 5.46. The van der Waals surface area contributed by atoms with Gasteiger partial charge in [-0.25, -0.2) is 0 Å². The van der Waals surface area contributed by atoms with Crippen molar-refractivity contribution < 1.29 is 8.98 Å². The first kappa shape index (κ1) is 13.7. The van der Waals surface area contributed by atoms with E-state index in [-0.39, 0.29) is 0 Å². The number of aromatic nitrogens is 1. The number of benzene rings is 1. The van der Waals surface area contributed by atoms with Gasteiger partial charge in [-0.2, -0.15) is 9.47 Å². The summed E-state index contributed by atoms with van der Waals surface area (Å²) in [6.07, 6.45) is 3.72. The van der Waals surface area contributed by atoms with E-state index in [1.165, 1.54) is 11.3 Å². The molecule has 0 amide bonds. The normalized spacial score (nSPS) is 11.3. The van der Waals surface area contributed by atoms with Crippen LogP contribution in [0, 0.1) is 0 Å². The van der Waals surface area contributed by atoms with Crippen molar-refractivity contribution in [3.8, 4) is 0 Å². The summed E-state index contributed by atoms with van der Waals surface area (Å²) in [5.41, 5.74) is 2.53. The lowest BCUT2D eigenvalue weighted by atomic mass is 10.0. The predicted octanol–water partition coefficient (Wildman–Crippen LogP) is 4.04. The summed E-state index contributed by atoms with van der Waals surface area (Å²) < 4.78 is 7.80. The summed E-state index contributed by atoms with van der Waals surface area (Å²) in [5, 5.41) is 0. The van der Waals surface area contributed by atoms with Crippen LogP contribution in [0.5, 0.6) is 0 Å². The van der Waals surface area contributed by atoms with E-state index < -0.39 is 0 Å². The predicted molar refractivity (Wildman–Crippen MR) is 77.9 cm³/mol. The molecule has 1 aromatic carbocycles. The van der Waals surface area contributed by atoms with Crippen molar-refractivity contribution >= 4 is 11.7 Å². The number of oxazole rings is 1. The summed E-state index contributed by atoms with van der Waals surface area (Å²) in [5.74, 6) is 0.487. The summed E-state index contributed by atoms with van der Waals surface area (Å²) in [7, 11) is 2.05. The van der Waals surface area contributed by atoms with Crippen LogP contribution < -0.4 is 9.47 Å². The molecule has 3 nitrogen and oxygen atoms in total. The lowest BCUT2D eigenvalue weighted by Gasteiger charge is -2.16. The summed E-state index contributed by atoms with van der Waals surface area (Å²) in [6.45, 7) is 8.74. The highest BCUT2D eigenvalue weighted by molar-refractivity contribution is 5.60. The van der Waals surface area contributed by atoms with E-state index in [9.17, 15) is 0 Å². The molecular weight excluding hydrogens is 236 g/mol. The van der Waals surface area contributed by atoms with Gasteiger partial charge in [0.1, 0.15) is 18.1 Å². The highest BCUT2D eigenvalue weighted by Gasteiger charge is 2.25. The molecule has 3 heteroatoms. The van der Waals surface area contributed by atoms with Crippen molar-refractivity contribution in [2.75, 3.05) is 11.9 Å². The van der Waals surface area contributed by atoms with Crippen molar-refractivity contribution in [2.45, 2.75) is 39.7 Å².